The molecule has 0 unspecified atom stereocenters. The molecule has 2 atom stereocenters. The molecule has 0 radical (unpaired) electrons. The lowest BCUT2D eigenvalue weighted by Gasteiger charge is -2.29. The van der Waals surface area contributed by atoms with E-state index >= 15 is 0 Å². The van der Waals surface area contributed by atoms with Crippen LogP contribution in [0.4, 0.5) is 0 Å². The second-order valence-corrected chi connectivity index (χ2v) is 6.96. The molecule has 1 saturated carbocycles. The molecule has 1 fully saturated rings. The third-order valence-electron chi connectivity index (χ3n) is 3.94. The van der Waals surface area contributed by atoms with Crippen LogP contribution in [-0.2, 0) is 9.53 Å². The molecule has 0 aliphatic heterocycles. The third-order valence-corrected chi connectivity index (χ3v) is 4.76. The van der Waals surface area contributed by atoms with Crippen LogP contribution in [0.2, 0.25) is 5.02 Å². The van der Waals surface area contributed by atoms with Gasteiger partial charge in [0.2, 0.25) is 0 Å². The van der Waals surface area contributed by atoms with Crippen LogP contribution < -0.4 is 5.32 Å². The highest BCUT2D eigenvalue weighted by Gasteiger charge is 2.23. The highest BCUT2D eigenvalue weighted by Crippen LogP contribution is 2.24. The van der Waals surface area contributed by atoms with Crippen molar-refractivity contribution in [2.75, 3.05) is 6.61 Å². The lowest BCUT2D eigenvalue weighted by atomic mass is 9.86. The summed E-state index contributed by atoms with van der Waals surface area (Å²) in [6.45, 7) is 1.85. The SMILES string of the molecule is C[C@H]1CCCC[C@H]1NC(=O)COC(=O)c1cc(Br)ccc1Cl. The fourth-order valence-electron chi connectivity index (χ4n) is 2.64. The van der Waals surface area contributed by atoms with Crippen molar-refractivity contribution in [1.82, 2.24) is 5.32 Å². The number of esters is 1. The molecule has 0 bridgehead atoms. The van der Waals surface area contributed by atoms with Gasteiger partial charge in [-0.25, -0.2) is 4.79 Å². The molecule has 0 saturated heterocycles. The van der Waals surface area contributed by atoms with Gasteiger partial charge in [0.15, 0.2) is 6.61 Å². The first-order valence-corrected chi connectivity index (χ1v) is 8.56. The van der Waals surface area contributed by atoms with Crippen molar-refractivity contribution in [3.63, 3.8) is 0 Å². The van der Waals surface area contributed by atoms with Crippen LogP contribution in [0.25, 0.3) is 0 Å². The number of nitrogens with one attached hydrogen (secondary N) is 1. The van der Waals surface area contributed by atoms with E-state index in [1.807, 2.05) is 0 Å². The maximum absolute atomic E-state index is 12.0. The molecule has 0 aromatic heterocycles. The van der Waals surface area contributed by atoms with E-state index in [0.717, 1.165) is 23.7 Å². The van der Waals surface area contributed by atoms with E-state index in [0.29, 0.717) is 10.9 Å². The minimum Gasteiger partial charge on any atom is -0.452 e. The average molecular weight is 389 g/mol. The fourth-order valence-corrected chi connectivity index (χ4v) is 3.20. The lowest BCUT2D eigenvalue weighted by molar-refractivity contribution is -0.125. The number of ether oxygens (including phenoxy) is 1. The first-order valence-electron chi connectivity index (χ1n) is 7.39. The molecular weight excluding hydrogens is 370 g/mol. The van der Waals surface area contributed by atoms with Crippen molar-refractivity contribution in [3.05, 3.63) is 33.3 Å². The molecule has 0 heterocycles. The predicted octanol–water partition coefficient (Wildman–Crippen LogP) is 3.95. The van der Waals surface area contributed by atoms with E-state index in [4.69, 9.17) is 16.3 Å². The van der Waals surface area contributed by atoms with Crippen molar-refractivity contribution < 1.29 is 14.3 Å². The van der Waals surface area contributed by atoms with Gasteiger partial charge in [-0.05, 0) is 37.0 Å². The summed E-state index contributed by atoms with van der Waals surface area (Å²) in [5.41, 5.74) is 0.245. The van der Waals surface area contributed by atoms with Gasteiger partial charge in [-0.2, -0.15) is 0 Å². The standard InChI is InChI=1S/C16H19BrClNO3/c1-10-4-2-3-5-14(10)19-15(20)9-22-16(21)12-8-11(17)6-7-13(12)18/h6-8,10,14H,2-5,9H2,1H3,(H,19,20)/t10-,14+/m0/s1. The molecule has 4 nitrogen and oxygen atoms in total. The van der Waals surface area contributed by atoms with Gasteiger partial charge < -0.3 is 10.1 Å². The molecule has 2 rings (SSSR count). The van der Waals surface area contributed by atoms with Gasteiger partial charge in [-0.15, -0.1) is 0 Å². The molecule has 1 aromatic rings. The maximum atomic E-state index is 12.0. The number of hydrogen-bond donors (Lipinski definition) is 1. The number of carbonyl (C=O) groups excluding carboxylic acids is 2. The molecule has 6 heteroatoms. The largest absolute Gasteiger partial charge is 0.452 e. The highest BCUT2D eigenvalue weighted by molar-refractivity contribution is 9.10. The summed E-state index contributed by atoms with van der Waals surface area (Å²) in [4.78, 5) is 23.9. The second-order valence-electron chi connectivity index (χ2n) is 5.64. The minimum atomic E-state index is -0.599. The summed E-state index contributed by atoms with van der Waals surface area (Å²) < 4.78 is 5.77. The Morgan fingerprint density at radius 3 is 2.82 bits per heavy atom. The zero-order valence-electron chi connectivity index (χ0n) is 12.4. The number of rotatable bonds is 4. The van der Waals surface area contributed by atoms with Crippen molar-refractivity contribution >= 4 is 39.4 Å². The van der Waals surface area contributed by atoms with Gasteiger partial charge >= 0.3 is 5.97 Å². The van der Waals surface area contributed by atoms with E-state index in [9.17, 15) is 9.59 Å². The number of carbonyl (C=O) groups is 2. The summed E-state index contributed by atoms with van der Waals surface area (Å²) in [5, 5.41) is 3.24. The molecule has 1 aromatic carbocycles. The van der Waals surface area contributed by atoms with Crippen LogP contribution in [0.15, 0.2) is 22.7 Å². The van der Waals surface area contributed by atoms with Crippen LogP contribution in [0.3, 0.4) is 0 Å². The Morgan fingerprint density at radius 2 is 2.09 bits per heavy atom. The zero-order chi connectivity index (χ0) is 16.1. The lowest BCUT2D eigenvalue weighted by Crippen LogP contribution is -2.42. The summed E-state index contributed by atoms with van der Waals surface area (Å²) in [6, 6.07) is 5.09. The van der Waals surface area contributed by atoms with E-state index in [-0.39, 0.29) is 24.1 Å². The molecule has 1 N–H and O–H groups in total. The van der Waals surface area contributed by atoms with E-state index in [2.05, 4.69) is 28.2 Å². The molecule has 120 valence electrons. The Hall–Kier alpha value is -1.07. The second kappa shape index (κ2) is 7.97. The number of amides is 1. The molecule has 1 aliphatic carbocycles. The van der Waals surface area contributed by atoms with E-state index in [1.165, 1.54) is 6.42 Å². The van der Waals surface area contributed by atoms with Gasteiger partial charge in [0, 0.05) is 10.5 Å². The van der Waals surface area contributed by atoms with Crippen LogP contribution in [0.5, 0.6) is 0 Å². The number of hydrogen-bond acceptors (Lipinski definition) is 3. The summed E-state index contributed by atoms with van der Waals surface area (Å²) in [7, 11) is 0. The van der Waals surface area contributed by atoms with Crippen molar-refractivity contribution in [2.45, 2.75) is 38.6 Å². The van der Waals surface area contributed by atoms with Crippen LogP contribution in [0, 0.1) is 5.92 Å². The average Bonchev–Trinajstić information content (AvgIpc) is 2.49. The smallest absolute Gasteiger partial charge is 0.340 e. The van der Waals surface area contributed by atoms with E-state index < -0.39 is 5.97 Å². The fraction of sp³-hybridized carbons (Fsp3) is 0.500. The summed E-state index contributed by atoms with van der Waals surface area (Å²) in [5.74, 6) is -0.399. The maximum Gasteiger partial charge on any atom is 0.340 e. The monoisotopic (exact) mass is 387 g/mol. The van der Waals surface area contributed by atoms with Crippen molar-refractivity contribution in [3.8, 4) is 0 Å². The minimum absolute atomic E-state index is 0.175. The summed E-state index contributed by atoms with van der Waals surface area (Å²) in [6.07, 6.45) is 4.45. The Balaban J connectivity index is 1.85. The molecular formula is C16H19BrClNO3. The molecule has 1 amide bonds. The van der Waals surface area contributed by atoms with Gasteiger partial charge in [-0.1, -0.05) is 47.3 Å². The van der Waals surface area contributed by atoms with Crippen LogP contribution in [-0.4, -0.2) is 24.5 Å². The highest BCUT2D eigenvalue weighted by atomic mass is 79.9. The van der Waals surface area contributed by atoms with Crippen molar-refractivity contribution in [2.24, 2.45) is 5.92 Å². The summed E-state index contributed by atoms with van der Waals surface area (Å²) >= 11 is 9.23. The molecule has 0 spiro atoms. The Kier molecular flexibility index (Phi) is 6.26. The molecule has 1 aliphatic rings. The van der Waals surface area contributed by atoms with E-state index in [1.54, 1.807) is 18.2 Å². The molecule has 22 heavy (non-hydrogen) atoms. The van der Waals surface area contributed by atoms with Gasteiger partial charge in [0.25, 0.3) is 5.91 Å². The predicted molar refractivity (Wildman–Crippen MR) is 89.0 cm³/mol. The quantitative estimate of drug-likeness (QED) is 0.795. The van der Waals surface area contributed by atoms with Gasteiger partial charge in [-0.3, -0.25) is 4.79 Å². The normalized spacial score (nSPS) is 21.2. The third kappa shape index (κ3) is 4.71. The Labute approximate surface area is 143 Å². The number of halogens is 2. The van der Waals surface area contributed by atoms with Crippen LogP contribution >= 0.6 is 27.5 Å². The zero-order valence-corrected chi connectivity index (χ0v) is 14.7. The Bertz CT molecular complexity index is 564. The Morgan fingerprint density at radius 1 is 1.36 bits per heavy atom. The van der Waals surface area contributed by atoms with Crippen molar-refractivity contribution in [1.29, 1.82) is 0 Å². The first-order chi connectivity index (χ1) is 10.5. The first kappa shape index (κ1) is 17.3. The van der Waals surface area contributed by atoms with Gasteiger partial charge in [0.05, 0.1) is 10.6 Å². The van der Waals surface area contributed by atoms with Gasteiger partial charge in [0.1, 0.15) is 0 Å². The topological polar surface area (TPSA) is 55.4 Å². The number of benzene rings is 1. The van der Waals surface area contributed by atoms with Crippen LogP contribution in [0.1, 0.15) is 43.0 Å².